The number of unbranched alkanes of at least 4 members (excludes halogenated alkanes) is 1. The quantitative estimate of drug-likeness (QED) is 0.391. The van der Waals surface area contributed by atoms with Crippen LogP contribution in [0.25, 0.3) is 0 Å². The van der Waals surface area contributed by atoms with Crippen molar-refractivity contribution < 1.29 is 4.39 Å². The second-order valence-electron chi connectivity index (χ2n) is 8.73. The van der Waals surface area contributed by atoms with E-state index in [1.165, 1.54) is 89.5 Å². The number of halogens is 1. The molecule has 0 heterocycles. The molecular formula is C23H38FN. The van der Waals surface area contributed by atoms with Crippen molar-refractivity contribution in [2.45, 2.75) is 103 Å². The number of rotatable bonds is 9. The van der Waals surface area contributed by atoms with Gasteiger partial charge in [0.25, 0.3) is 0 Å². The second-order valence-corrected chi connectivity index (χ2v) is 8.73. The Morgan fingerprint density at radius 2 is 1.28 bits per heavy atom. The van der Waals surface area contributed by atoms with Crippen LogP contribution in [0.15, 0.2) is 11.9 Å². The van der Waals surface area contributed by atoms with E-state index in [0.717, 1.165) is 36.5 Å². The number of allylic oxidation sites excluding steroid dienone is 2. The summed E-state index contributed by atoms with van der Waals surface area (Å²) in [5.41, 5.74) is 0. The van der Waals surface area contributed by atoms with Gasteiger partial charge in [0.15, 0.2) is 5.83 Å². The van der Waals surface area contributed by atoms with Crippen molar-refractivity contribution in [3.05, 3.63) is 11.9 Å². The van der Waals surface area contributed by atoms with Crippen LogP contribution in [-0.4, -0.2) is 0 Å². The van der Waals surface area contributed by atoms with Crippen molar-refractivity contribution in [1.82, 2.24) is 0 Å². The maximum Gasteiger partial charge on any atom is 0.196 e. The van der Waals surface area contributed by atoms with Gasteiger partial charge in [-0.3, -0.25) is 0 Å². The van der Waals surface area contributed by atoms with Gasteiger partial charge in [-0.15, -0.1) is 0 Å². The predicted molar refractivity (Wildman–Crippen MR) is 104 cm³/mol. The van der Waals surface area contributed by atoms with Crippen molar-refractivity contribution in [3.63, 3.8) is 0 Å². The van der Waals surface area contributed by atoms with E-state index in [-0.39, 0.29) is 0 Å². The highest BCUT2D eigenvalue weighted by Crippen LogP contribution is 2.38. The monoisotopic (exact) mass is 347 g/mol. The molecule has 142 valence electrons. The van der Waals surface area contributed by atoms with E-state index in [4.69, 9.17) is 5.26 Å². The Hall–Kier alpha value is -0.840. The minimum atomic E-state index is -0.613. The maximum atomic E-state index is 12.8. The predicted octanol–water partition coefficient (Wildman–Crippen LogP) is 7.73. The summed E-state index contributed by atoms with van der Waals surface area (Å²) in [5, 5.41) is 8.43. The van der Waals surface area contributed by atoms with Gasteiger partial charge >= 0.3 is 0 Å². The molecule has 1 nitrogen and oxygen atoms in total. The highest BCUT2D eigenvalue weighted by molar-refractivity contribution is 5.11. The topological polar surface area (TPSA) is 23.8 Å². The molecule has 0 atom stereocenters. The van der Waals surface area contributed by atoms with Crippen molar-refractivity contribution in [1.29, 1.82) is 5.26 Å². The zero-order chi connectivity index (χ0) is 17.9. The van der Waals surface area contributed by atoms with Crippen LogP contribution in [0.2, 0.25) is 0 Å². The Bertz CT molecular complexity index is 420. The first-order chi connectivity index (χ1) is 12.2. The Kier molecular flexibility index (Phi) is 9.59. The first-order valence-corrected chi connectivity index (χ1v) is 11.0. The van der Waals surface area contributed by atoms with E-state index in [0.29, 0.717) is 0 Å². The van der Waals surface area contributed by atoms with Crippen LogP contribution in [0, 0.1) is 35.0 Å². The minimum absolute atomic E-state index is 0.613. The lowest BCUT2D eigenvalue weighted by atomic mass is 9.74. The van der Waals surface area contributed by atoms with Crippen LogP contribution in [-0.2, 0) is 0 Å². The molecule has 0 aromatic heterocycles. The van der Waals surface area contributed by atoms with Crippen LogP contribution in [0.1, 0.15) is 103 Å². The van der Waals surface area contributed by atoms with Crippen molar-refractivity contribution in [3.8, 4) is 6.07 Å². The number of hydrogen-bond acceptors (Lipinski definition) is 1. The summed E-state index contributed by atoms with van der Waals surface area (Å²) in [6.45, 7) is 2.31. The third-order valence-electron chi connectivity index (χ3n) is 6.89. The van der Waals surface area contributed by atoms with Gasteiger partial charge in [0, 0.05) is 0 Å². The Balaban J connectivity index is 1.53. The molecule has 2 rings (SSSR count). The smallest absolute Gasteiger partial charge is 0.195 e. The van der Waals surface area contributed by atoms with Gasteiger partial charge < -0.3 is 0 Å². The molecule has 0 amide bonds. The molecule has 2 fully saturated rings. The number of nitriles is 1. The van der Waals surface area contributed by atoms with Gasteiger partial charge in [-0.1, -0.05) is 90.4 Å². The van der Waals surface area contributed by atoms with Crippen molar-refractivity contribution >= 4 is 0 Å². The van der Waals surface area contributed by atoms with Crippen LogP contribution in [0.3, 0.4) is 0 Å². The van der Waals surface area contributed by atoms with E-state index in [9.17, 15) is 4.39 Å². The van der Waals surface area contributed by atoms with Gasteiger partial charge in [-0.25, -0.2) is 0 Å². The molecular weight excluding hydrogens is 309 g/mol. The lowest BCUT2D eigenvalue weighted by molar-refractivity contribution is 0.209. The van der Waals surface area contributed by atoms with Crippen molar-refractivity contribution in [2.24, 2.45) is 23.7 Å². The van der Waals surface area contributed by atoms with E-state index in [1.54, 1.807) is 6.07 Å². The molecule has 0 N–H and O–H groups in total. The molecule has 0 spiro atoms. The molecule has 0 aromatic carbocycles. The number of hydrogen-bond donors (Lipinski definition) is 0. The maximum absolute atomic E-state index is 12.8. The summed E-state index contributed by atoms with van der Waals surface area (Å²) in [4.78, 5) is 0. The van der Waals surface area contributed by atoms with Crippen LogP contribution in [0.4, 0.5) is 4.39 Å². The molecule has 0 radical (unpaired) electrons. The van der Waals surface area contributed by atoms with Crippen molar-refractivity contribution in [2.75, 3.05) is 0 Å². The summed E-state index contributed by atoms with van der Waals surface area (Å²) < 4.78 is 12.8. The lowest BCUT2D eigenvalue weighted by Gasteiger charge is -2.32. The summed E-state index contributed by atoms with van der Waals surface area (Å²) >= 11 is 0. The summed E-state index contributed by atoms with van der Waals surface area (Å²) in [6.07, 6.45) is 21.8. The highest BCUT2D eigenvalue weighted by atomic mass is 19.1. The van der Waals surface area contributed by atoms with Gasteiger partial charge in [-0.05, 0) is 42.6 Å². The fraction of sp³-hybridized carbons (Fsp3) is 0.870. The molecule has 2 aliphatic rings. The molecule has 0 aliphatic heterocycles. The van der Waals surface area contributed by atoms with Gasteiger partial charge in [0.1, 0.15) is 6.07 Å². The fourth-order valence-corrected chi connectivity index (χ4v) is 5.07. The normalized spacial score (nSPS) is 30.8. The average Bonchev–Trinajstić information content (AvgIpc) is 2.66. The van der Waals surface area contributed by atoms with E-state index < -0.39 is 5.83 Å². The fourth-order valence-electron chi connectivity index (χ4n) is 5.07. The molecule has 2 aliphatic carbocycles. The summed E-state index contributed by atoms with van der Waals surface area (Å²) in [6, 6.07) is 1.56. The van der Waals surface area contributed by atoms with Gasteiger partial charge in [0.05, 0.1) is 0 Å². The van der Waals surface area contributed by atoms with E-state index in [2.05, 4.69) is 6.92 Å². The van der Waals surface area contributed by atoms with E-state index in [1.807, 2.05) is 0 Å². The molecule has 25 heavy (non-hydrogen) atoms. The molecule has 0 aromatic rings. The zero-order valence-electron chi connectivity index (χ0n) is 16.3. The van der Waals surface area contributed by atoms with Gasteiger partial charge in [0.2, 0.25) is 0 Å². The standard InChI is InChI=1S/C23H38FN/c1-2-3-5-19-8-12-21(13-9-19)16-17-22-14-10-20(11-15-22)6-4-7-23(24)18-25/h7,19-22H,2-6,8-17H2,1H3/b23-7-. The molecule has 0 unspecified atom stereocenters. The van der Waals surface area contributed by atoms with E-state index >= 15 is 0 Å². The molecule has 0 bridgehead atoms. The highest BCUT2D eigenvalue weighted by Gasteiger charge is 2.24. The third-order valence-corrected chi connectivity index (χ3v) is 6.89. The van der Waals surface area contributed by atoms with Crippen LogP contribution >= 0.6 is 0 Å². The average molecular weight is 348 g/mol. The van der Waals surface area contributed by atoms with Crippen LogP contribution < -0.4 is 0 Å². The first kappa shape index (κ1) is 20.5. The minimum Gasteiger partial charge on any atom is -0.195 e. The van der Waals surface area contributed by atoms with Gasteiger partial charge in [-0.2, -0.15) is 9.65 Å². The first-order valence-electron chi connectivity index (χ1n) is 11.0. The zero-order valence-corrected chi connectivity index (χ0v) is 16.3. The Morgan fingerprint density at radius 3 is 1.72 bits per heavy atom. The Morgan fingerprint density at radius 1 is 0.840 bits per heavy atom. The third kappa shape index (κ3) is 7.93. The summed E-state index contributed by atoms with van der Waals surface area (Å²) in [7, 11) is 0. The largest absolute Gasteiger partial charge is 0.196 e. The Labute approximate surface area is 155 Å². The lowest BCUT2D eigenvalue weighted by Crippen LogP contribution is -2.18. The molecule has 2 saturated carbocycles. The summed E-state index contributed by atoms with van der Waals surface area (Å²) in [5.74, 6) is 3.13. The van der Waals surface area contributed by atoms with Crippen LogP contribution in [0.5, 0.6) is 0 Å². The molecule has 0 saturated heterocycles. The SMILES string of the molecule is CCCCC1CCC(CCC2CCC(CC/C=C(\F)C#N)CC2)CC1. The second kappa shape index (κ2) is 11.7. The molecule has 2 heteroatoms. The number of nitrogens with zero attached hydrogens (tertiary/aromatic N) is 1.